The Morgan fingerprint density at radius 2 is 2.29 bits per heavy atom. The van der Waals surface area contributed by atoms with Gasteiger partial charge in [0.05, 0.1) is 12.5 Å². The number of ether oxygens (including phenoxy) is 1. The zero-order chi connectivity index (χ0) is 12.7. The Labute approximate surface area is 113 Å². The SMILES string of the molecule is CC(C)(CCCBr)CNC(=O)CC1CCCO1. The number of rotatable bonds is 7. The van der Waals surface area contributed by atoms with E-state index in [-0.39, 0.29) is 17.4 Å². The van der Waals surface area contributed by atoms with E-state index in [1.807, 2.05) is 0 Å². The van der Waals surface area contributed by atoms with Crippen LogP contribution in [0.2, 0.25) is 0 Å². The highest BCUT2D eigenvalue weighted by Gasteiger charge is 2.21. The monoisotopic (exact) mass is 305 g/mol. The van der Waals surface area contributed by atoms with Gasteiger partial charge in [0.2, 0.25) is 5.91 Å². The first kappa shape index (κ1) is 15.0. The number of hydrogen-bond donors (Lipinski definition) is 1. The van der Waals surface area contributed by atoms with E-state index in [0.29, 0.717) is 6.42 Å². The Kier molecular flexibility index (Phi) is 6.49. The third-order valence-corrected chi connectivity index (χ3v) is 3.75. The van der Waals surface area contributed by atoms with Crippen LogP contribution in [-0.2, 0) is 9.53 Å². The second kappa shape index (κ2) is 7.37. The number of carbonyl (C=O) groups is 1. The first-order valence-corrected chi connectivity index (χ1v) is 7.60. The van der Waals surface area contributed by atoms with Crippen molar-refractivity contribution in [1.82, 2.24) is 5.32 Å². The molecule has 3 nitrogen and oxygen atoms in total. The molecule has 0 aromatic carbocycles. The van der Waals surface area contributed by atoms with E-state index in [1.165, 1.54) is 0 Å². The predicted octanol–water partition coefficient (Wildman–Crippen LogP) is 2.87. The molecule has 4 heteroatoms. The largest absolute Gasteiger partial charge is 0.378 e. The summed E-state index contributed by atoms with van der Waals surface area (Å²) in [5, 5.41) is 4.05. The van der Waals surface area contributed by atoms with E-state index in [2.05, 4.69) is 35.1 Å². The summed E-state index contributed by atoms with van der Waals surface area (Å²) in [6, 6.07) is 0. The molecule has 1 aliphatic rings. The fraction of sp³-hybridized carbons (Fsp3) is 0.923. The summed E-state index contributed by atoms with van der Waals surface area (Å²) in [5.41, 5.74) is 0.181. The van der Waals surface area contributed by atoms with Crippen LogP contribution in [0.3, 0.4) is 0 Å². The summed E-state index contributed by atoms with van der Waals surface area (Å²) >= 11 is 3.44. The predicted molar refractivity (Wildman–Crippen MR) is 73.4 cm³/mol. The molecular formula is C13H24BrNO2. The molecule has 100 valence electrons. The maximum Gasteiger partial charge on any atom is 0.222 e. The quantitative estimate of drug-likeness (QED) is 0.735. The van der Waals surface area contributed by atoms with E-state index in [4.69, 9.17) is 4.74 Å². The standard InChI is InChI=1S/C13H24BrNO2/c1-13(2,6-4-7-14)10-15-12(16)9-11-5-3-8-17-11/h11H,3-10H2,1-2H3,(H,15,16). The maximum atomic E-state index is 11.7. The summed E-state index contributed by atoms with van der Waals surface area (Å²) in [7, 11) is 0. The van der Waals surface area contributed by atoms with Gasteiger partial charge in [0, 0.05) is 18.5 Å². The van der Waals surface area contributed by atoms with Crippen molar-refractivity contribution in [3.8, 4) is 0 Å². The molecule has 1 rings (SSSR count). The normalized spacial score (nSPS) is 20.5. The van der Waals surface area contributed by atoms with Crippen molar-refractivity contribution in [3.05, 3.63) is 0 Å². The number of alkyl halides is 1. The van der Waals surface area contributed by atoms with Gasteiger partial charge in [-0.2, -0.15) is 0 Å². The van der Waals surface area contributed by atoms with Crippen molar-refractivity contribution in [2.75, 3.05) is 18.5 Å². The Balaban J connectivity index is 2.17. The van der Waals surface area contributed by atoms with Gasteiger partial charge in [0.15, 0.2) is 0 Å². The molecule has 1 saturated heterocycles. The van der Waals surface area contributed by atoms with Crippen molar-refractivity contribution >= 4 is 21.8 Å². The fourth-order valence-corrected chi connectivity index (χ4v) is 2.34. The molecule has 17 heavy (non-hydrogen) atoms. The number of hydrogen-bond acceptors (Lipinski definition) is 2. The lowest BCUT2D eigenvalue weighted by atomic mass is 9.88. The highest BCUT2D eigenvalue weighted by Crippen LogP contribution is 2.22. The van der Waals surface area contributed by atoms with Gasteiger partial charge in [-0.25, -0.2) is 0 Å². The minimum absolute atomic E-state index is 0.129. The Hall–Kier alpha value is -0.0900. The third-order valence-electron chi connectivity index (χ3n) is 3.19. The minimum Gasteiger partial charge on any atom is -0.378 e. The van der Waals surface area contributed by atoms with Gasteiger partial charge in [-0.1, -0.05) is 29.8 Å². The first-order chi connectivity index (χ1) is 8.03. The van der Waals surface area contributed by atoms with Crippen LogP contribution in [0.15, 0.2) is 0 Å². The highest BCUT2D eigenvalue weighted by atomic mass is 79.9. The average Bonchev–Trinajstić information content (AvgIpc) is 2.77. The third kappa shape index (κ3) is 6.41. The van der Waals surface area contributed by atoms with Crippen LogP contribution >= 0.6 is 15.9 Å². The molecule has 0 spiro atoms. The van der Waals surface area contributed by atoms with Gasteiger partial charge in [-0.05, 0) is 31.1 Å². The molecule has 0 bridgehead atoms. The lowest BCUT2D eigenvalue weighted by molar-refractivity contribution is -0.123. The number of carbonyl (C=O) groups excluding carboxylic acids is 1. The van der Waals surface area contributed by atoms with E-state index >= 15 is 0 Å². The molecule has 1 aliphatic heterocycles. The summed E-state index contributed by atoms with van der Waals surface area (Å²) in [6.07, 6.45) is 5.07. The molecule has 0 radical (unpaired) electrons. The molecular weight excluding hydrogens is 282 g/mol. The zero-order valence-electron chi connectivity index (χ0n) is 10.9. The average molecular weight is 306 g/mol. The van der Waals surface area contributed by atoms with Gasteiger partial charge < -0.3 is 10.1 Å². The molecule has 0 saturated carbocycles. The van der Waals surface area contributed by atoms with Crippen molar-refractivity contribution in [2.45, 2.75) is 52.1 Å². The molecule has 0 aromatic rings. The lowest BCUT2D eigenvalue weighted by Gasteiger charge is -2.25. The van der Waals surface area contributed by atoms with Crippen molar-refractivity contribution in [3.63, 3.8) is 0 Å². The van der Waals surface area contributed by atoms with Gasteiger partial charge in [-0.3, -0.25) is 4.79 Å². The maximum absolute atomic E-state index is 11.7. The smallest absolute Gasteiger partial charge is 0.222 e. The van der Waals surface area contributed by atoms with Crippen LogP contribution in [0.5, 0.6) is 0 Å². The van der Waals surface area contributed by atoms with E-state index < -0.39 is 0 Å². The van der Waals surface area contributed by atoms with Gasteiger partial charge >= 0.3 is 0 Å². The second-order valence-corrected chi connectivity index (χ2v) is 6.37. The fourth-order valence-electron chi connectivity index (χ4n) is 2.06. The Morgan fingerprint density at radius 1 is 1.53 bits per heavy atom. The second-order valence-electron chi connectivity index (χ2n) is 5.57. The number of amides is 1. The molecule has 1 fully saturated rings. The van der Waals surface area contributed by atoms with Crippen LogP contribution in [0, 0.1) is 5.41 Å². The molecule has 0 aliphatic carbocycles. The summed E-state index contributed by atoms with van der Waals surface area (Å²) < 4.78 is 5.45. The van der Waals surface area contributed by atoms with Crippen molar-refractivity contribution in [1.29, 1.82) is 0 Å². The van der Waals surface area contributed by atoms with Crippen LogP contribution in [0.1, 0.15) is 46.0 Å². The van der Waals surface area contributed by atoms with Gasteiger partial charge in [0.1, 0.15) is 0 Å². The molecule has 1 unspecified atom stereocenters. The number of nitrogens with one attached hydrogen (secondary N) is 1. The van der Waals surface area contributed by atoms with Gasteiger partial charge in [-0.15, -0.1) is 0 Å². The van der Waals surface area contributed by atoms with Gasteiger partial charge in [0.25, 0.3) is 0 Å². The molecule has 0 aromatic heterocycles. The molecule has 1 amide bonds. The van der Waals surface area contributed by atoms with Crippen LogP contribution < -0.4 is 5.32 Å². The number of halogens is 1. The first-order valence-electron chi connectivity index (χ1n) is 6.48. The molecule has 1 heterocycles. The minimum atomic E-state index is 0.129. The van der Waals surface area contributed by atoms with E-state index in [0.717, 1.165) is 44.2 Å². The Morgan fingerprint density at radius 3 is 2.88 bits per heavy atom. The topological polar surface area (TPSA) is 38.3 Å². The van der Waals surface area contributed by atoms with Crippen LogP contribution in [-0.4, -0.2) is 30.5 Å². The summed E-state index contributed by atoms with van der Waals surface area (Å²) in [5.74, 6) is 0.129. The van der Waals surface area contributed by atoms with Crippen LogP contribution in [0.25, 0.3) is 0 Å². The van der Waals surface area contributed by atoms with E-state index in [1.54, 1.807) is 0 Å². The summed E-state index contributed by atoms with van der Waals surface area (Å²) in [4.78, 5) is 11.7. The van der Waals surface area contributed by atoms with Crippen molar-refractivity contribution in [2.24, 2.45) is 5.41 Å². The lowest BCUT2D eigenvalue weighted by Crippen LogP contribution is -2.35. The zero-order valence-corrected chi connectivity index (χ0v) is 12.5. The molecule has 1 atom stereocenters. The summed E-state index contributed by atoms with van der Waals surface area (Å²) in [6.45, 7) is 5.96. The highest BCUT2D eigenvalue weighted by molar-refractivity contribution is 9.09. The van der Waals surface area contributed by atoms with Crippen molar-refractivity contribution < 1.29 is 9.53 Å². The Bertz CT molecular complexity index is 238. The van der Waals surface area contributed by atoms with Crippen LogP contribution in [0.4, 0.5) is 0 Å². The van der Waals surface area contributed by atoms with E-state index in [9.17, 15) is 4.79 Å². The molecule has 1 N–H and O–H groups in total.